The largest absolute Gasteiger partial charge is 0.369 e. The number of primary amides is 1. The van der Waals surface area contributed by atoms with Crippen LogP contribution in [0.4, 0.5) is 5.82 Å². The summed E-state index contributed by atoms with van der Waals surface area (Å²) in [5, 5.41) is 1.04. The maximum absolute atomic E-state index is 11.7. The Balaban J connectivity index is 1.89. The smallest absolute Gasteiger partial charge is 0.225 e. The van der Waals surface area contributed by atoms with Gasteiger partial charge in [-0.15, -0.1) is 0 Å². The van der Waals surface area contributed by atoms with Crippen molar-refractivity contribution in [2.75, 3.05) is 24.5 Å². The number of piperidine rings is 1. The van der Waals surface area contributed by atoms with Crippen molar-refractivity contribution in [2.24, 2.45) is 16.9 Å². The Labute approximate surface area is 122 Å². The van der Waals surface area contributed by atoms with E-state index in [1.807, 2.05) is 13.1 Å². The molecule has 0 bridgehead atoms. The molecule has 1 amide bonds. The van der Waals surface area contributed by atoms with Crippen molar-refractivity contribution in [1.29, 1.82) is 0 Å². The van der Waals surface area contributed by atoms with E-state index in [0.29, 0.717) is 19.4 Å². The van der Waals surface area contributed by atoms with E-state index in [-0.39, 0.29) is 5.91 Å². The minimum absolute atomic E-state index is 0.296. The molecule has 1 fully saturated rings. The molecule has 3 rings (SSSR count). The van der Waals surface area contributed by atoms with Crippen LogP contribution in [0.3, 0.4) is 0 Å². The SMILES string of the molecule is Cc1c[nH]c2ncnc(N3CCC(CN)(C(N)=O)CC3)c12. The van der Waals surface area contributed by atoms with Crippen molar-refractivity contribution in [1.82, 2.24) is 15.0 Å². The van der Waals surface area contributed by atoms with Crippen LogP contribution in [0.2, 0.25) is 0 Å². The fraction of sp³-hybridized carbons (Fsp3) is 0.500. The molecule has 112 valence electrons. The number of amides is 1. The number of rotatable bonds is 3. The number of anilines is 1. The van der Waals surface area contributed by atoms with E-state index >= 15 is 0 Å². The van der Waals surface area contributed by atoms with Crippen LogP contribution in [0.15, 0.2) is 12.5 Å². The summed E-state index contributed by atoms with van der Waals surface area (Å²) in [5.74, 6) is 0.615. The van der Waals surface area contributed by atoms with E-state index in [9.17, 15) is 4.79 Å². The number of aryl methyl sites for hydroxylation is 1. The van der Waals surface area contributed by atoms with Crippen LogP contribution < -0.4 is 16.4 Å². The van der Waals surface area contributed by atoms with Gasteiger partial charge in [0.1, 0.15) is 17.8 Å². The number of hydrogen-bond donors (Lipinski definition) is 3. The number of hydrogen-bond acceptors (Lipinski definition) is 5. The predicted octanol–water partition coefficient (Wildman–Crippen LogP) is 0.297. The molecule has 0 aliphatic carbocycles. The molecule has 7 nitrogen and oxygen atoms in total. The molecule has 5 N–H and O–H groups in total. The third kappa shape index (κ3) is 2.13. The molecular weight excluding hydrogens is 268 g/mol. The Kier molecular flexibility index (Phi) is 3.29. The highest BCUT2D eigenvalue weighted by Gasteiger charge is 2.39. The van der Waals surface area contributed by atoms with Crippen LogP contribution in [0.5, 0.6) is 0 Å². The van der Waals surface area contributed by atoms with E-state index in [2.05, 4.69) is 19.9 Å². The van der Waals surface area contributed by atoms with Crippen LogP contribution >= 0.6 is 0 Å². The Bertz CT molecular complexity index is 671. The molecule has 2 aromatic heterocycles. The lowest BCUT2D eigenvalue weighted by Crippen LogP contribution is -2.51. The average molecular weight is 288 g/mol. The van der Waals surface area contributed by atoms with Crippen molar-refractivity contribution in [2.45, 2.75) is 19.8 Å². The van der Waals surface area contributed by atoms with Gasteiger partial charge in [-0.3, -0.25) is 4.79 Å². The Morgan fingerprint density at radius 1 is 1.43 bits per heavy atom. The molecule has 21 heavy (non-hydrogen) atoms. The van der Waals surface area contributed by atoms with Crippen LogP contribution in [-0.4, -0.2) is 40.5 Å². The number of fused-ring (bicyclic) bond motifs is 1. The number of aromatic amines is 1. The second-order valence-electron chi connectivity index (χ2n) is 5.73. The zero-order valence-electron chi connectivity index (χ0n) is 12.1. The first-order valence-electron chi connectivity index (χ1n) is 7.11. The summed E-state index contributed by atoms with van der Waals surface area (Å²) in [6, 6.07) is 0. The number of nitrogens with zero attached hydrogens (tertiary/aromatic N) is 3. The topological polar surface area (TPSA) is 114 Å². The Morgan fingerprint density at radius 2 is 2.14 bits per heavy atom. The van der Waals surface area contributed by atoms with Gasteiger partial charge in [-0.1, -0.05) is 0 Å². The lowest BCUT2D eigenvalue weighted by molar-refractivity contribution is -0.128. The normalized spacial score (nSPS) is 18.1. The van der Waals surface area contributed by atoms with Crippen molar-refractivity contribution in [3.8, 4) is 0 Å². The van der Waals surface area contributed by atoms with E-state index in [1.165, 1.54) is 0 Å². The summed E-state index contributed by atoms with van der Waals surface area (Å²) in [7, 11) is 0. The van der Waals surface area contributed by atoms with Crippen LogP contribution in [-0.2, 0) is 4.79 Å². The predicted molar refractivity (Wildman–Crippen MR) is 80.8 cm³/mol. The van der Waals surface area contributed by atoms with Crippen molar-refractivity contribution < 1.29 is 4.79 Å². The summed E-state index contributed by atoms with van der Waals surface area (Å²) in [5.41, 5.74) is 12.7. The van der Waals surface area contributed by atoms with Gasteiger partial charge in [0.2, 0.25) is 5.91 Å². The van der Waals surface area contributed by atoms with E-state index in [4.69, 9.17) is 11.5 Å². The van der Waals surface area contributed by atoms with Gasteiger partial charge in [0, 0.05) is 25.8 Å². The molecule has 1 aliphatic rings. The third-order valence-electron chi connectivity index (χ3n) is 4.58. The van der Waals surface area contributed by atoms with Crippen LogP contribution in [0.25, 0.3) is 11.0 Å². The first-order valence-corrected chi connectivity index (χ1v) is 7.11. The van der Waals surface area contributed by atoms with Gasteiger partial charge in [0.25, 0.3) is 0 Å². The third-order valence-corrected chi connectivity index (χ3v) is 4.58. The molecule has 0 unspecified atom stereocenters. The molecule has 1 aliphatic heterocycles. The van der Waals surface area contributed by atoms with Gasteiger partial charge in [-0.2, -0.15) is 0 Å². The molecule has 0 atom stereocenters. The second-order valence-corrected chi connectivity index (χ2v) is 5.73. The van der Waals surface area contributed by atoms with Gasteiger partial charge >= 0.3 is 0 Å². The van der Waals surface area contributed by atoms with Gasteiger partial charge in [0.05, 0.1) is 10.8 Å². The number of carbonyl (C=O) groups is 1. The standard InChI is InChI=1S/C14H20N6O/c1-9-6-17-11-10(9)12(19-8-18-11)20-4-2-14(7-15,3-5-20)13(16)21/h6,8H,2-5,7,15H2,1H3,(H2,16,21)(H,17,18,19). The first kappa shape index (κ1) is 13.8. The Morgan fingerprint density at radius 3 is 2.76 bits per heavy atom. The fourth-order valence-corrected chi connectivity index (χ4v) is 3.04. The average Bonchev–Trinajstić information content (AvgIpc) is 2.89. The first-order chi connectivity index (χ1) is 10.1. The van der Waals surface area contributed by atoms with Gasteiger partial charge in [-0.05, 0) is 25.3 Å². The second kappa shape index (κ2) is 5.00. The summed E-state index contributed by atoms with van der Waals surface area (Å²) >= 11 is 0. The molecule has 1 saturated heterocycles. The number of H-pyrrole nitrogens is 1. The van der Waals surface area contributed by atoms with E-state index < -0.39 is 5.41 Å². The molecule has 0 spiro atoms. The molecule has 7 heteroatoms. The maximum Gasteiger partial charge on any atom is 0.225 e. The zero-order valence-corrected chi connectivity index (χ0v) is 12.1. The van der Waals surface area contributed by atoms with Crippen molar-refractivity contribution in [3.05, 3.63) is 18.1 Å². The van der Waals surface area contributed by atoms with Crippen molar-refractivity contribution in [3.63, 3.8) is 0 Å². The Hall–Kier alpha value is -2.15. The summed E-state index contributed by atoms with van der Waals surface area (Å²) in [4.78, 5) is 25.7. The molecule has 3 heterocycles. The van der Waals surface area contributed by atoms with Crippen LogP contribution in [0.1, 0.15) is 18.4 Å². The molecule has 2 aromatic rings. The number of nitrogens with two attached hydrogens (primary N) is 2. The minimum atomic E-state index is -0.574. The van der Waals surface area contributed by atoms with E-state index in [1.54, 1.807) is 6.33 Å². The minimum Gasteiger partial charge on any atom is -0.369 e. The molecule has 0 radical (unpaired) electrons. The summed E-state index contributed by atoms with van der Waals surface area (Å²) < 4.78 is 0. The summed E-state index contributed by atoms with van der Waals surface area (Å²) in [6.07, 6.45) is 4.81. The van der Waals surface area contributed by atoms with Crippen LogP contribution in [0, 0.1) is 12.3 Å². The molecule has 0 saturated carbocycles. The number of nitrogens with one attached hydrogen (secondary N) is 1. The monoisotopic (exact) mass is 288 g/mol. The fourth-order valence-electron chi connectivity index (χ4n) is 3.04. The maximum atomic E-state index is 11.7. The van der Waals surface area contributed by atoms with E-state index in [0.717, 1.165) is 35.5 Å². The van der Waals surface area contributed by atoms with Gasteiger partial charge in [-0.25, -0.2) is 9.97 Å². The lowest BCUT2D eigenvalue weighted by atomic mass is 9.77. The number of aromatic nitrogens is 3. The van der Waals surface area contributed by atoms with Crippen molar-refractivity contribution >= 4 is 22.8 Å². The zero-order chi connectivity index (χ0) is 15.0. The lowest BCUT2D eigenvalue weighted by Gasteiger charge is -2.39. The highest BCUT2D eigenvalue weighted by Crippen LogP contribution is 2.34. The molecular formula is C14H20N6O. The highest BCUT2D eigenvalue weighted by atomic mass is 16.1. The summed E-state index contributed by atoms with van der Waals surface area (Å²) in [6.45, 7) is 3.77. The quantitative estimate of drug-likeness (QED) is 0.751. The highest BCUT2D eigenvalue weighted by molar-refractivity contribution is 5.90. The van der Waals surface area contributed by atoms with Gasteiger partial charge in [0.15, 0.2) is 0 Å². The molecule has 0 aromatic carbocycles. The number of carbonyl (C=O) groups excluding carboxylic acids is 1. The van der Waals surface area contributed by atoms with Gasteiger partial charge < -0.3 is 21.4 Å².